The molecule has 0 heterocycles. The van der Waals surface area contributed by atoms with Crippen molar-refractivity contribution in [2.75, 3.05) is 6.61 Å². The second kappa shape index (κ2) is 12.4. The first-order valence-electron chi connectivity index (χ1n) is 13.6. The van der Waals surface area contributed by atoms with Crippen LogP contribution in [0, 0.1) is 17.8 Å². The van der Waals surface area contributed by atoms with Crippen LogP contribution in [0.3, 0.4) is 0 Å². The smallest absolute Gasteiger partial charge is 0.120 e. The normalized spacial score (nSPS) is 26.0. The molecule has 0 aliphatic heterocycles. The molecule has 0 atom stereocenters. The summed E-state index contributed by atoms with van der Waals surface area (Å²) in [6.07, 6.45) is 23.2. The highest BCUT2D eigenvalue weighted by Crippen LogP contribution is 2.41. The van der Waals surface area contributed by atoms with Crippen LogP contribution in [-0.2, 0) is 0 Å². The molecule has 2 fully saturated rings. The summed E-state index contributed by atoms with van der Waals surface area (Å²) in [5.41, 5.74) is 1.54. The zero-order valence-corrected chi connectivity index (χ0v) is 20.8. The van der Waals surface area contributed by atoms with Crippen molar-refractivity contribution < 1.29 is 4.74 Å². The van der Waals surface area contributed by atoms with Gasteiger partial charge >= 0.3 is 0 Å². The fourth-order valence-corrected chi connectivity index (χ4v) is 6.24. The molecule has 2 aromatic carbocycles. The van der Waals surface area contributed by atoms with E-state index in [0.717, 1.165) is 29.4 Å². The minimum Gasteiger partial charge on any atom is -0.490 e. The maximum atomic E-state index is 5.81. The monoisotopic (exact) mass is 444 g/mol. The van der Waals surface area contributed by atoms with Crippen molar-refractivity contribution in [3.05, 3.63) is 66.8 Å². The van der Waals surface area contributed by atoms with Gasteiger partial charge in [-0.3, -0.25) is 0 Å². The predicted molar refractivity (Wildman–Crippen MR) is 143 cm³/mol. The van der Waals surface area contributed by atoms with Crippen LogP contribution in [0.4, 0.5) is 0 Å². The third kappa shape index (κ3) is 6.98. The lowest BCUT2D eigenvalue weighted by Gasteiger charge is -2.32. The highest BCUT2D eigenvalue weighted by atomic mass is 16.5. The Morgan fingerprint density at radius 2 is 1.39 bits per heavy atom. The topological polar surface area (TPSA) is 9.23 Å². The molecule has 0 spiro atoms. The van der Waals surface area contributed by atoms with Crippen LogP contribution in [0.5, 0.6) is 5.75 Å². The lowest BCUT2D eigenvalue weighted by molar-refractivity contribution is 0.225. The Balaban J connectivity index is 1.21. The molecule has 2 aromatic rings. The third-order valence-corrected chi connectivity index (χ3v) is 8.46. The standard InChI is InChI=1S/C32H44O/c1-3-5-7-25-8-10-26(11-9-25)12-13-27-14-16-28(17-15-27)29-18-19-31-24-32(33-22-6-4-2)21-20-30(31)23-29/h3-4,6,18-21,23-28H,1,5,7-17,22H2,2H3. The van der Waals surface area contributed by atoms with Gasteiger partial charge in [0.1, 0.15) is 12.4 Å². The first-order valence-corrected chi connectivity index (χ1v) is 13.6. The van der Waals surface area contributed by atoms with Crippen LogP contribution in [0.1, 0.15) is 95.5 Å². The van der Waals surface area contributed by atoms with Gasteiger partial charge in [0.15, 0.2) is 0 Å². The number of hydrogen-bond donors (Lipinski definition) is 0. The third-order valence-electron chi connectivity index (χ3n) is 8.46. The van der Waals surface area contributed by atoms with Gasteiger partial charge in [0.2, 0.25) is 0 Å². The molecule has 2 aliphatic carbocycles. The first-order chi connectivity index (χ1) is 16.2. The van der Waals surface area contributed by atoms with E-state index in [1.165, 1.54) is 87.8 Å². The van der Waals surface area contributed by atoms with E-state index < -0.39 is 0 Å². The van der Waals surface area contributed by atoms with Crippen LogP contribution >= 0.6 is 0 Å². The summed E-state index contributed by atoms with van der Waals surface area (Å²) in [5.74, 6) is 4.66. The summed E-state index contributed by atoms with van der Waals surface area (Å²) in [6, 6.07) is 13.6. The molecule has 0 saturated heterocycles. The molecule has 0 bridgehead atoms. The van der Waals surface area contributed by atoms with E-state index in [4.69, 9.17) is 4.74 Å². The number of hydrogen-bond acceptors (Lipinski definition) is 1. The Morgan fingerprint density at radius 1 is 0.788 bits per heavy atom. The van der Waals surface area contributed by atoms with Gasteiger partial charge in [-0.15, -0.1) is 6.58 Å². The van der Waals surface area contributed by atoms with Gasteiger partial charge in [-0.25, -0.2) is 0 Å². The quantitative estimate of drug-likeness (QED) is 0.331. The zero-order chi connectivity index (χ0) is 22.9. The summed E-state index contributed by atoms with van der Waals surface area (Å²) in [7, 11) is 0. The van der Waals surface area contributed by atoms with Crippen molar-refractivity contribution in [3.8, 4) is 5.75 Å². The lowest BCUT2D eigenvalue weighted by Crippen LogP contribution is -2.17. The van der Waals surface area contributed by atoms with E-state index in [2.05, 4.69) is 49.1 Å². The Hall–Kier alpha value is -2.02. The summed E-state index contributed by atoms with van der Waals surface area (Å²) in [5, 5.41) is 2.63. The highest BCUT2D eigenvalue weighted by molar-refractivity contribution is 5.84. The molecule has 178 valence electrons. The maximum Gasteiger partial charge on any atom is 0.120 e. The molecule has 4 rings (SSSR count). The lowest BCUT2D eigenvalue weighted by atomic mass is 9.74. The number of benzene rings is 2. The summed E-state index contributed by atoms with van der Waals surface area (Å²) in [6.45, 7) is 6.55. The van der Waals surface area contributed by atoms with Gasteiger partial charge in [-0.05, 0) is 97.6 Å². The molecule has 33 heavy (non-hydrogen) atoms. The summed E-state index contributed by atoms with van der Waals surface area (Å²) in [4.78, 5) is 0. The van der Waals surface area contributed by atoms with Crippen LogP contribution in [0.25, 0.3) is 10.8 Å². The Bertz CT molecular complexity index is 894. The van der Waals surface area contributed by atoms with E-state index in [0.29, 0.717) is 6.61 Å². The fraction of sp³-hybridized carbons (Fsp3) is 0.562. The van der Waals surface area contributed by atoms with Crippen molar-refractivity contribution in [3.63, 3.8) is 0 Å². The van der Waals surface area contributed by atoms with Crippen LogP contribution < -0.4 is 4.74 Å². The number of ether oxygens (including phenoxy) is 1. The summed E-state index contributed by atoms with van der Waals surface area (Å²) >= 11 is 0. The average Bonchev–Trinajstić information content (AvgIpc) is 2.87. The van der Waals surface area contributed by atoms with Crippen LogP contribution in [0.15, 0.2) is 61.2 Å². The van der Waals surface area contributed by atoms with E-state index in [-0.39, 0.29) is 0 Å². The van der Waals surface area contributed by atoms with Gasteiger partial charge in [-0.2, -0.15) is 0 Å². The molecule has 0 radical (unpaired) electrons. The molecular formula is C32H44O. The van der Waals surface area contributed by atoms with Crippen molar-refractivity contribution in [1.82, 2.24) is 0 Å². The first kappa shape index (κ1) is 24.1. The molecule has 0 aromatic heterocycles. The molecule has 1 nitrogen and oxygen atoms in total. The fourth-order valence-electron chi connectivity index (χ4n) is 6.24. The van der Waals surface area contributed by atoms with Gasteiger partial charge in [-0.1, -0.05) is 81.0 Å². The SMILES string of the molecule is C=CCCC1CCC(CCC2CCC(c3ccc4cc(OCC=CC)ccc4c3)CC2)CC1. The predicted octanol–water partition coefficient (Wildman–Crippen LogP) is 9.62. The van der Waals surface area contributed by atoms with Crippen molar-refractivity contribution in [1.29, 1.82) is 0 Å². The van der Waals surface area contributed by atoms with Crippen molar-refractivity contribution in [2.45, 2.75) is 89.9 Å². The Morgan fingerprint density at radius 3 is 2.06 bits per heavy atom. The molecular weight excluding hydrogens is 400 g/mol. The van der Waals surface area contributed by atoms with Crippen molar-refractivity contribution in [2.24, 2.45) is 17.8 Å². The highest BCUT2D eigenvalue weighted by Gasteiger charge is 2.25. The van der Waals surface area contributed by atoms with Crippen LogP contribution in [0.2, 0.25) is 0 Å². The van der Waals surface area contributed by atoms with E-state index in [1.54, 1.807) is 5.56 Å². The number of fused-ring (bicyclic) bond motifs is 1. The Labute approximate surface area is 202 Å². The molecule has 0 unspecified atom stereocenters. The second-order valence-electron chi connectivity index (χ2n) is 10.7. The molecule has 1 heteroatoms. The molecule has 2 saturated carbocycles. The van der Waals surface area contributed by atoms with E-state index in [9.17, 15) is 0 Å². The molecule has 0 N–H and O–H groups in total. The van der Waals surface area contributed by atoms with Crippen molar-refractivity contribution >= 4 is 10.8 Å². The van der Waals surface area contributed by atoms with Gasteiger partial charge in [0, 0.05) is 0 Å². The minimum atomic E-state index is 0.639. The van der Waals surface area contributed by atoms with Gasteiger partial charge in [0.05, 0.1) is 0 Å². The number of allylic oxidation sites excluding steroid dienone is 2. The zero-order valence-electron chi connectivity index (χ0n) is 20.8. The van der Waals surface area contributed by atoms with E-state index in [1.807, 2.05) is 19.1 Å². The molecule has 2 aliphatic rings. The largest absolute Gasteiger partial charge is 0.490 e. The molecule has 0 amide bonds. The minimum absolute atomic E-state index is 0.639. The maximum absolute atomic E-state index is 5.81. The summed E-state index contributed by atoms with van der Waals surface area (Å²) < 4.78 is 5.81. The van der Waals surface area contributed by atoms with Gasteiger partial charge in [0.25, 0.3) is 0 Å². The van der Waals surface area contributed by atoms with Gasteiger partial charge < -0.3 is 4.74 Å². The average molecular weight is 445 g/mol. The second-order valence-corrected chi connectivity index (χ2v) is 10.7. The Kier molecular flexibility index (Phi) is 9.09. The van der Waals surface area contributed by atoms with Crippen LogP contribution in [-0.4, -0.2) is 6.61 Å². The van der Waals surface area contributed by atoms with E-state index >= 15 is 0 Å². The number of rotatable bonds is 10.